The molecule has 1 aliphatic heterocycles. The summed E-state index contributed by atoms with van der Waals surface area (Å²) in [5, 5.41) is 20.7. The molecule has 1 aliphatic rings. The van der Waals surface area contributed by atoms with Gasteiger partial charge in [0.25, 0.3) is 5.91 Å². The fourth-order valence-corrected chi connectivity index (χ4v) is 6.04. The predicted molar refractivity (Wildman–Crippen MR) is 188 cm³/mol. The quantitative estimate of drug-likeness (QED) is 0.225. The zero-order chi connectivity index (χ0) is 35.0. The normalized spacial score (nSPS) is 20.1. The maximum absolute atomic E-state index is 14.4. The molecule has 0 saturated heterocycles. The number of amides is 3. The van der Waals surface area contributed by atoms with Crippen LogP contribution in [0.4, 0.5) is 16.2 Å². The summed E-state index contributed by atoms with van der Waals surface area (Å²) in [7, 11) is 2.02. The molecule has 0 aliphatic carbocycles. The number of aliphatic hydroxyl groups is 1. The number of nitrogens with one attached hydrogen (secondary N) is 2. The topological polar surface area (TPSA) is 129 Å². The van der Waals surface area contributed by atoms with Gasteiger partial charge in [0.05, 0.1) is 40.5 Å². The first-order valence-electron chi connectivity index (χ1n) is 16.3. The van der Waals surface area contributed by atoms with E-state index in [1.165, 1.54) is 0 Å². The molecule has 0 radical (unpaired) electrons. The van der Waals surface area contributed by atoms with Crippen molar-refractivity contribution in [3.63, 3.8) is 0 Å². The van der Waals surface area contributed by atoms with E-state index in [1.807, 2.05) is 33.0 Å². The van der Waals surface area contributed by atoms with Gasteiger partial charge in [0.2, 0.25) is 0 Å². The monoisotopic (exact) mass is 703 g/mol. The first-order valence-corrected chi connectivity index (χ1v) is 17.1. The molecule has 48 heavy (non-hydrogen) atoms. The molecule has 3 aromatic rings. The minimum Gasteiger partial charge on any atom is -0.490 e. The van der Waals surface area contributed by atoms with Gasteiger partial charge in [0.15, 0.2) is 5.76 Å². The largest absolute Gasteiger partial charge is 0.490 e. The third-order valence-corrected chi connectivity index (χ3v) is 9.25. The number of nitrogens with zero attached hydrogens (tertiary/aromatic N) is 3. The van der Waals surface area contributed by atoms with Crippen LogP contribution in [0.3, 0.4) is 0 Å². The van der Waals surface area contributed by atoms with Crippen LogP contribution >= 0.6 is 23.2 Å². The van der Waals surface area contributed by atoms with E-state index in [0.29, 0.717) is 64.9 Å². The van der Waals surface area contributed by atoms with Crippen molar-refractivity contribution in [3.8, 4) is 5.75 Å². The van der Waals surface area contributed by atoms with Crippen LogP contribution in [-0.4, -0.2) is 83.6 Å². The lowest BCUT2D eigenvalue weighted by molar-refractivity contribution is -0.0177. The van der Waals surface area contributed by atoms with Crippen molar-refractivity contribution in [2.45, 2.75) is 78.7 Å². The number of carbonyl (C=O) groups is 2. The SMILES string of the molecule is Cc1noc(C)c1NC(=O)Nc1ccc2c(c1)C(=O)N([C@@H](C)CO)C[C@@H](C)[C@@H](CN(C)Cc1ccc(Cl)c(Cl)c1)OCCCC[C@@H](C)O2. The highest BCUT2D eigenvalue weighted by Gasteiger charge is 2.30. The smallest absolute Gasteiger partial charge is 0.323 e. The molecule has 2 aromatic carbocycles. The van der Waals surface area contributed by atoms with Crippen molar-refractivity contribution >= 4 is 46.5 Å². The van der Waals surface area contributed by atoms with Gasteiger partial charge in [-0.1, -0.05) is 41.3 Å². The fourth-order valence-electron chi connectivity index (χ4n) is 5.72. The number of carbonyl (C=O) groups excluding carboxylic acids is 2. The number of aliphatic hydroxyl groups excluding tert-OH is 1. The Hall–Kier alpha value is -3.35. The molecule has 262 valence electrons. The molecule has 2 heterocycles. The summed E-state index contributed by atoms with van der Waals surface area (Å²) in [5.74, 6) is 0.487. The van der Waals surface area contributed by atoms with Crippen LogP contribution in [0.25, 0.3) is 0 Å². The molecule has 0 saturated carbocycles. The number of urea groups is 1. The van der Waals surface area contributed by atoms with Gasteiger partial charge in [0, 0.05) is 37.8 Å². The lowest BCUT2D eigenvalue weighted by Gasteiger charge is -2.36. The van der Waals surface area contributed by atoms with Gasteiger partial charge >= 0.3 is 6.03 Å². The highest BCUT2D eigenvalue weighted by molar-refractivity contribution is 6.42. The number of ether oxygens (including phenoxy) is 2. The second kappa shape index (κ2) is 17.3. The van der Waals surface area contributed by atoms with Gasteiger partial charge in [0.1, 0.15) is 17.1 Å². The van der Waals surface area contributed by atoms with Crippen molar-refractivity contribution in [2.75, 3.05) is 44.0 Å². The van der Waals surface area contributed by atoms with Crippen molar-refractivity contribution < 1.29 is 28.7 Å². The van der Waals surface area contributed by atoms with Crippen molar-refractivity contribution in [1.29, 1.82) is 0 Å². The van der Waals surface area contributed by atoms with Gasteiger partial charge < -0.3 is 34.6 Å². The van der Waals surface area contributed by atoms with Crippen molar-refractivity contribution in [1.82, 2.24) is 15.0 Å². The van der Waals surface area contributed by atoms with Crippen LogP contribution in [-0.2, 0) is 11.3 Å². The highest BCUT2D eigenvalue weighted by atomic mass is 35.5. The molecule has 0 spiro atoms. The molecular weight excluding hydrogens is 657 g/mol. The fraction of sp³-hybridized carbons (Fsp3) is 0.514. The average molecular weight is 705 g/mol. The number of fused-ring (bicyclic) bond motifs is 1. The second-order valence-corrected chi connectivity index (χ2v) is 13.5. The van der Waals surface area contributed by atoms with E-state index in [0.717, 1.165) is 24.8 Å². The standard InChI is InChI=1S/C35H47Cl2N5O6/c1-21-17-42(22(2)20-43)34(44)28-16-27(38-35(45)39-33-24(4)40-48-25(33)5)11-13-31(28)47-23(3)9-7-8-14-46-32(21)19-41(6)18-26-10-12-29(36)30(37)15-26/h10-13,15-16,21-23,32,43H,7-9,14,17-20H2,1-6H3,(H2,38,39,45)/t21-,22+,23-,32-/m1/s1. The van der Waals surface area contributed by atoms with Crippen LogP contribution in [0.15, 0.2) is 40.9 Å². The first-order chi connectivity index (χ1) is 22.9. The molecule has 3 N–H and O–H groups in total. The number of aryl methyl sites for hydroxylation is 2. The molecule has 3 amide bonds. The molecule has 4 atom stereocenters. The summed E-state index contributed by atoms with van der Waals surface area (Å²) < 4.78 is 17.9. The summed E-state index contributed by atoms with van der Waals surface area (Å²) in [4.78, 5) is 31.1. The molecular formula is C35H47Cl2N5O6. The Kier molecular flexibility index (Phi) is 13.5. The Balaban J connectivity index is 1.59. The summed E-state index contributed by atoms with van der Waals surface area (Å²) in [6.45, 7) is 11.2. The lowest BCUT2D eigenvalue weighted by Crippen LogP contribution is -2.47. The third-order valence-electron chi connectivity index (χ3n) is 8.51. The van der Waals surface area contributed by atoms with Gasteiger partial charge in [-0.3, -0.25) is 9.69 Å². The van der Waals surface area contributed by atoms with Gasteiger partial charge in [-0.2, -0.15) is 0 Å². The Labute approximate surface area is 292 Å². The molecule has 1 aromatic heterocycles. The van der Waals surface area contributed by atoms with Crippen molar-refractivity contribution in [2.24, 2.45) is 5.92 Å². The van der Waals surface area contributed by atoms with Gasteiger partial charge in [-0.15, -0.1) is 0 Å². The summed E-state index contributed by atoms with van der Waals surface area (Å²) >= 11 is 12.4. The average Bonchev–Trinajstić information content (AvgIpc) is 3.36. The number of hydrogen-bond donors (Lipinski definition) is 3. The molecule has 0 fully saturated rings. The number of hydrogen-bond acceptors (Lipinski definition) is 8. The first kappa shape index (κ1) is 37.5. The number of likely N-dealkylation sites (N-methyl/N-ethyl adjacent to an activating group) is 1. The van der Waals surface area contributed by atoms with Crippen molar-refractivity contribution in [3.05, 3.63) is 69.0 Å². The van der Waals surface area contributed by atoms with Gasteiger partial charge in [-0.05, 0) is 89.9 Å². The van der Waals surface area contributed by atoms with E-state index < -0.39 is 12.1 Å². The van der Waals surface area contributed by atoms with Crippen LogP contribution < -0.4 is 15.4 Å². The number of rotatable bonds is 8. The van der Waals surface area contributed by atoms with E-state index >= 15 is 0 Å². The van der Waals surface area contributed by atoms with E-state index in [-0.39, 0.29) is 36.2 Å². The number of benzene rings is 2. The van der Waals surface area contributed by atoms with Gasteiger partial charge in [-0.25, -0.2) is 4.79 Å². The number of anilines is 2. The molecule has 0 bridgehead atoms. The Bertz CT molecular complexity index is 1530. The molecule has 0 unspecified atom stereocenters. The number of aromatic nitrogens is 1. The predicted octanol–water partition coefficient (Wildman–Crippen LogP) is 7.17. The summed E-state index contributed by atoms with van der Waals surface area (Å²) in [6.07, 6.45) is 2.15. The third kappa shape index (κ3) is 10.1. The minimum atomic E-state index is -0.508. The zero-order valence-corrected chi connectivity index (χ0v) is 30.0. The highest BCUT2D eigenvalue weighted by Crippen LogP contribution is 2.29. The van der Waals surface area contributed by atoms with Crippen LogP contribution in [0.5, 0.6) is 5.75 Å². The van der Waals surface area contributed by atoms with E-state index in [9.17, 15) is 14.7 Å². The van der Waals surface area contributed by atoms with E-state index in [2.05, 4.69) is 27.6 Å². The summed E-state index contributed by atoms with van der Waals surface area (Å²) in [6, 6.07) is 9.63. The van der Waals surface area contributed by atoms with E-state index in [1.54, 1.807) is 43.0 Å². The molecule has 13 heteroatoms. The van der Waals surface area contributed by atoms with Crippen LogP contribution in [0.1, 0.15) is 67.4 Å². The molecule has 11 nitrogen and oxygen atoms in total. The minimum absolute atomic E-state index is 0.0902. The zero-order valence-electron chi connectivity index (χ0n) is 28.5. The number of halogens is 2. The van der Waals surface area contributed by atoms with Crippen LogP contribution in [0.2, 0.25) is 10.0 Å². The van der Waals surface area contributed by atoms with E-state index in [4.69, 9.17) is 37.2 Å². The van der Waals surface area contributed by atoms with Crippen LogP contribution in [0, 0.1) is 19.8 Å². The Morgan fingerprint density at radius 1 is 1.12 bits per heavy atom. The maximum Gasteiger partial charge on any atom is 0.323 e. The molecule has 4 rings (SSSR count). The maximum atomic E-state index is 14.4. The Morgan fingerprint density at radius 2 is 1.90 bits per heavy atom. The summed E-state index contributed by atoms with van der Waals surface area (Å²) in [5.41, 5.74) is 2.75. The second-order valence-electron chi connectivity index (χ2n) is 12.7. The Morgan fingerprint density at radius 3 is 2.58 bits per heavy atom. The lowest BCUT2D eigenvalue weighted by atomic mass is 10.0.